The molecular weight excluding hydrogens is 488 g/mol. The van der Waals surface area contributed by atoms with Crippen LogP contribution in [-0.2, 0) is 13.6 Å². The maximum Gasteiger partial charge on any atom is 0.329 e. The highest BCUT2D eigenvalue weighted by atomic mass is 16.5. The molecule has 0 bridgehead atoms. The van der Waals surface area contributed by atoms with E-state index < -0.39 is 17.4 Å². The molecule has 4 aromatic rings. The average molecular weight is 521 g/mol. The number of piperazine rings is 1. The van der Waals surface area contributed by atoms with Gasteiger partial charge in [0, 0.05) is 38.9 Å². The van der Waals surface area contributed by atoms with Crippen LogP contribution in [0.2, 0.25) is 0 Å². The number of H-pyrrole nitrogens is 1. The molecule has 1 atom stereocenters. The van der Waals surface area contributed by atoms with Gasteiger partial charge in [-0.05, 0) is 48.9 Å². The van der Waals surface area contributed by atoms with Gasteiger partial charge in [0.2, 0.25) is 5.95 Å². The van der Waals surface area contributed by atoms with Gasteiger partial charge >= 0.3 is 5.69 Å². The second-order valence-corrected chi connectivity index (χ2v) is 9.47. The Labute approximate surface area is 219 Å². The highest BCUT2D eigenvalue weighted by Crippen LogP contribution is 2.25. The topological polar surface area (TPSA) is 118 Å². The Hall–Kier alpha value is -4.25. The molecule has 1 unspecified atom stereocenters. The van der Waals surface area contributed by atoms with Crippen molar-refractivity contribution in [2.45, 2.75) is 19.6 Å². The van der Waals surface area contributed by atoms with Gasteiger partial charge in [0.05, 0.1) is 13.7 Å². The molecule has 2 aromatic carbocycles. The van der Waals surface area contributed by atoms with Gasteiger partial charge < -0.3 is 28.9 Å². The molecule has 0 aliphatic carbocycles. The fourth-order valence-corrected chi connectivity index (χ4v) is 4.76. The van der Waals surface area contributed by atoms with E-state index in [1.807, 2.05) is 55.5 Å². The predicted octanol–water partition coefficient (Wildman–Crippen LogP) is 1.51. The molecule has 0 radical (unpaired) electrons. The van der Waals surface area contributed by atoms with Crippen molar-refractivity contribution in [2.75, 3.05) is 49.7 Å². The van der Waals surface area contributed by atoms with E-state index in [1.54, 1.807) is 18.7 Å². The van der Waals surface area contributed by atoms with E-state index in [4.69, 9.17) is 14.5 Å². The summed E-state index contributed by atoms with van der Waals surface area (Å²) in [6, 6.07) is 15.5. The molecule has 200 valence electrons. The second kappa shape index (κ2) is 10.6. The minimum absolute atomic E-state index is 0.0392. The van der Waals surface area contributed by atoms with Gasteiger partial charge in [0.25, 0.3) is 5.56 Å². The average Bonchev–Trinajstić information content (AvgIpc) is 3.30. The molecule has 11 heteroatoms. The number of nitrogens with one attached hydrogen (secondary N) is 1. The molecule has 0 saturated carbocycles. The van der Waals surface area contributed by atoms with Crippen molar-refractivity contribution in [1.29, 1.82) is 0 Å². The van der Waals surface area contributed by atoms with Gasteiger partial charge in [0.1, 0.15) is 24.2 Å². The number of aryl methyl sites for hydroxylation is 2. The third-order valence-electron chi connectivity index (χ3n) is 6.81. The lowest BCUT2D eigenvalue weighted by Crippen LogP contribution is -2.47. The minimum Gasteiger partial charge on any atom is -0.497 e. The summed E-state index contributed by atoms with van der Waals surface area (Å²) in [5.41, 5.74) is 1.60. The number of aromatic nitrogens is 4. The van der Waals surface area contributed by atoms with E-state index in [0.717, 1.165) is 30.1 Å². The summed E-state index contributed by atoms with van der Waals surface area (Å²) in [5, 5.41) is 10.9. The van der Waals surface area contributed by atoms with E-state index in [2.05, 4.69) is 14.8 Å². The Morgan fingerprint density at radius 1 is 1.03 bits per heavy atom. The standard InChI is InChI=1S/C27H32N6O5/c1-18-5-4-6-22(15-18)38-17-20(34)16-33-23-24(30(2)27(36)29-25(23)35)28-26(33)32-13-11-31(12-14-32)19-7-9-21(37-3)10-8-19/h4-10,15,20,34H,11-14,16-17H2,1-3H3,(H,29,35,36). The van der Waals surface area contributed by atoms with Crippen LogP contribution in [0, 0.1) is 6.92 Å². The molecule has 1 aliphatic heterocycles. The monoisotopic (exact) mass is 520 g/mol. The number of anilines is 2. The van der Waals surface area contributed by atoms with Crippen LogP contribution in [0.15, 0.2) is 58.1 Å². The zero-order valence-electron chi connectivity index (χ0n) is 21.8. The van der Waals surface area contributed by atoms with Crippen molar-refractivity contribution in [2.24, 2.45) is 7.05 Å². The van der Waals surface area contributed by atoms with Gasteiger partial charge in [0.15, 0.2) is 11.2 Å². The van der Waals surface area contributed by atoms with E-state index in [-0.39, 0.29) is 24.3 Å². The van der Waals surface area contributed by atoms with Gasteiger partial charge in [-0.1, -0.05) is 12.1 Å². The highest BCUT2D eigenvalue weighted by molar-refractivity contribution is 5.74. The van der Waals surface area contributed by atoms with E-state index in [1.165, 1.54) is 4.57 Å². The molecule has 5 rings (SSSR count). The number of imidazole rings is 1. The molecule has 11 nitrogen and oxygen atoms in total. The normalized spacial score (nSPS) is 14.6. The number of fused-ring (bicyclic) bond motifs is 1. The minimum atomic E-state index is -0.913. The molecule has 0 spiro atoms. The summed E-state index contributed by atoms with van der Waals surface area (Å²) in [7, 11) is 3.22. The quantitative estimate of drug-likeness (QED) is 0.359. The van der Waals surface area contributed by atoms with Crippen molar-refractivity contribution in [3.63, 3.8) is 0 Å². The molecule has 1 aliphatic rings. The third-order valence-corrected chi connectivity index (χ3v) is 6.81. The number of hydrogen-bond acceptors (Lipinski definition) is 8. The first-order valence-electron chi connectivity index (χ1n) is 12.5. The lowest BCUT2D eigenvalue weighted by Gasteiger charge is -2.37. The number of aliphatic hydroxyl groups excluding tert-OH is 1. The summed E-state index contributed by atoms with van der Waals surface area (Å²) in [4.78, 5) is 36.6. The number of aromatic amines is 1. The van der Waals surface area contributed by atoms with Gasteiger partial charge in [-0.3, -0.25) is 14.3 Å². The predicted molar refractivity (Wildman–Crippen MR) is 146 cm³/mol. The molecule has 0 amide bonds. The highest BCUT2D eigenvalue weighted by Gasteiger charge is 2.26. The van der Waals surface area contributed by atoms with E-state index >= 15 is 0 Å². The van der Waals surface area contributed by atoms with Crippen LogP contribution in [0.5, 0.6) is 11.5 Å². The maximum absolute atomic E-state index is 12.9. The van der Waals surface area contributed by atoms with Gasteiger partial charge in [-0.15, -0.1) is 0 Å². The Balaban J connectivity index is 1.39. The fourth-order valence-electron chi connectivity index (χ4n) is 4.76. The molecule has 3 heterocycles. The van der Waals surface area contributed by atoms with E-state index in [9.17, 15) is 14.7 Å². The summed E-state index contributed by atoms with van der Waals surface area (Å²) in [6.07, 6.45) is -0.913. The summed E-state index contributed by atoms with van der Waals surface area (Å²) in [6.45, 7) is 4.87. The number of hydrogen-bond donors (Lipinski definition) is 2. The van der Waals surface area contributed by atoms with Crippen molar-refractivity contribution < 1.29 is 14.6 Å². The molecular formula is C27H32N6O5. The van der Waals surface area contributed by atoms with Crippen LogP contribution in [0.25, 0.3) is 11.2 Å². The zero-order valence-corrected chi connectivity index (χ0v) is 21.8. The Morgan fingerprint density at radius 3 is 2.42 bits per heavy atom. The molecule has 38 heavy (non-hydrogen) atoms. The number of benzene rings is 2. The summed E-state index contributed by atoms with van der Waals surface area (Å²) >= 11 is 0. The number of ether oxygens (including phenoxy) is 2. The Morgan fingerprint density at radius 2 is 1.74 bits per heavy atom. The van der Waals surface area contributed by atoms with Crippen molar-refractivity contribution in [3.05, 3.63) is 74.9 Å². The van der Waals surface area contributed by atoms with Crippen LogP contribution in [0.3, 0.4) is 0 Å². The van der Waals surface area contributed by atoms with E-state index in [0.29, 0.717) is 24.8 Å². The van der Waals surface area contributed by atoms with Gasteiger partial charge in [-0.25, -0.2) is 4.79 Å². The van der Waals surface area contributed by atoms with Crippen LogP contribution in [0.4, 0.5) is 11.6 Å². The van der Waals surface area contributed by atoms with Crippen molar-refractivity contribution in [3.8, 4) is 11.5 Å². The number of aliphatic hydroxyl groups is 1. The first-order chi connectivity index (χ1) is 18.3. The zero-order chi connectivity index (χ0) is 26.8. The second-order valence-electron chi connectivity index (χ2n) is 9.47. The largest absolute Gasteiger partial charge is 0.497 e. The van der Waals surface area contributed by atoms with Crippen LogP contribution in [-0.4, -0.2) is 70.2 Å². The lowest BCUT2D eigenvalue weighted by atomic mass is 10.2. The van der Waals surface area contributed by atoms with Crippen molar-refractivity contribution in [1.82, 2.24) is 19.1 Å². The summed E-state index contributed by atoms with van der Waals surface area (Å²) < 4.78 is 14.1. The SMILES string of the molecule is COc1ccc(N2CCN(c3nc4c(c(=O)[nH]c(=O)n4C)n3CC(O)COc3cccc(C)c3)CC2)cc1. The molecule has 2 N–H and O–H groups in total. The number of nitrogens with zero attached hydrogens (tertiary/aromatic N) is 5. The van der Waals surface area contributed by atoms with Crippen LogP contribution >= 0.6 is 0 Å². The molecule has 1 saturated heterocycles. The van der Waals surface area contributed by atoms with Crippen molar-refractivity contribution >= 4 is 22.8 Å². The lowest BCUT2D eigenvalue weighted by molar-refractivity contribution is 0.0936. The first-order valence-corrected chi connectivity index (χ1v) is 12.5. The Kier molecular flexibility index (Phi) is 7.10. The fraction of sp³-hybridized carbons (Fsp3) is 0.370. The van der Waals surface area contributed by atoms with Crippen LogP contribution < -0.4 is 30.5 Å². The smallest absolute Gasteiger partial charge is 0.329 e. The number of methoxy groups -OCH3 is 1. The summed E-state index contributed by atoms with van der Waals surface area (Å²) in [5.74, 6) is 2.01. The molecule has 2 aromatic heterocycles. The third kappa shape index (κ3) is 5.10. The number of rotatable bonds is 8. The maximum atomic E-state index is 12.9. The van der Waals surface area contributed by atoms with Crippen LogP contribution in [0.1, 0.15) is 5.56 Å². The Bertz CT molecular complexity index is 1530. The first kappa shape index (κ1) is 25.4. The van der Waals surface area contributed by atoms with Gasteiger partial charge in [-0.2, -0.15) is 4.98 Å². The molecule has 1 fully saturated rings.